The smallest absolute Gasteiger partial charge is 0.350 e. The summed E-state index contributed by atoms with van der Waals surface area (Å²) in [6, 6.07) is -3.09. The van der Waals surface area contributed by atoms with Crippen LogP contribution in [0.1, 0.15) is 19.8 Å². The van der Waals surface area contributed by atoms with Crippen LogP contribution in [0.3, 0.4) is 0 Å². The summed E-state index contributed by atoms with van der Waals surface area (Å²) in [7, 11) is 0. The Labute approximate surface area is 140 Å². The highest BCUT2D eigenvalue weighted by Gasteiger charge is 2.93. The Bertz CT molecular complexity index is 520. The van der Waals surface area contributed by atoms with Gasteiger partial charge in [0.15, 0.2) is 6.04 Å². The highest BCUT2D eigenvalue weighted by Crippen LogP contribution is 2.62. The Kier molecular flexibility index (Phi) is 6.48. The fourth-order valence-electron chi connectivity index (χ4n) is 1.76. The second kappa shape index (κ2) is 6.76. The van der Waals surface area contributed by atoms with Crippen LogP contribution in [0.25, 0.3) is 0 Å². The third-order valence-corrected chi connectivity index (χ3v) is 3.50. The number of quaternary nitrogens is 1. The molecule has 0 aliphatic rings. The predicted octanol–water partition coefficient (Wildman–Crippen LogP) is 4.77. The number of hydrogen-bond donors (Lipinski definition) is 1. The topological polar surface area (TPSA) is 27.6 Å². The van der Waals surface area contributed by atoms with Crippen molar-refractivity contribution in [3.8, 4) is 0 Å². The fourth-order valence-corrected chi connectivity index (χ4v) is 1.76. The fraction of sp³-hybridized carbons (Fsp3) is 1.00. The Morgan fingerprint density at radius 2 is 0.852 bits per heavy atom. The predicted molar refractivity (Wildman–Crippen MR) is 57.3 cm³/mol. The number of halogens is 15. The molecule has 1 nitrogen and oxygen atoms in total. The highest BCUT2D eigenvalue weighted by molar-refractivity contribution is 5.13. The molecule has 0 saturated carbocycles. The van der Waals surface area contributed by atoms with E-state index in [9.17, 15) is 65.9 Å². The van der Waals surface area contributed by atoms with Crippen LogP contribution in [0.5, 0.6) is 0 Å². The minimum absolute atomic E-state index is 0.454. The largest absolute Gasteiger partial charge is 0.460 e. The van der Waals surface area contributed by atoms with Crippen LogP contribution in [0.15, 0.2) is 0 Å². The van der Waals surface area contributed by atoms with E-state index in [1.807, 2.05) is 0 Å². The van der Waals surface area contributed by atoms with Crippen LogP contribution in [-0.4, -0.2) is 47.8 Å². The van der Waals surface area contributed by atoms with E-state index in [2.05, 4.69) is 5.73 Å². The lowest BCUT2D eigenvalue weighted by atomic mass is 9.88. The molecule has 0 heterocycles. The van der Waals surface area contributed by atoms with Crippen molar-refractivity contribution in [3.05, 3.63) is 0 Å². The van der Waals surface area contributed by atoms with Crippen molar-refractivity contribution >= 4 is 0 Å². The third kappa shape index (κ3) is 3.41. The molecular weight excluding hydrogens is 431 g/mol. The zero-order chi connectivity index (χ0) is 22.5. The molecule has 0 aromatic carbocycles. The Hall–Kier alpha value is -1.09. The van der Waals surface area contributed by atoms with Crippen LogP contribution < -0.4 is 5.73 Å². The van der Waals surface area contributed by atoms with E-state index in [-0.39, 0.29) is 0 Å². The molecule has 0 bridgehead atoms. The van der Waals surface area contributed by atoms with E-state index in [1.165, 1.54) is 0 Å². The van der Waals surface area contributed by atoms with Crippen molar-refractivity contribution in [2.45, 2.75) is 67.5 Å². The lowest BCUT2D eigenvalue weighted by molar-refractivity contribution is -0.507. The molecule has 1 unspecified atom stereocenters. The van der Waals surface area contributed by atoms with Gasteiger partial charge in [-0.2, -0.15) is 65.9 Å². The summed E-state index contributed by atoms with van der Waals surface area (Å²) < 4.78 is 193. The number of alkyl halides is 15. The quantitative estimate of drug-likeness (QED) is 0.525. The second-order valence-electron chi connectivity index (χ2n) is 5.48. The van der Waals surface area contributed by atoms with Crippen LogP contribution in [-0.2, 0) is 0 Å². The lowest BCUT2D eigenvalue weighted by Crippen LogP contribution is -2.79. The minimum Gasteiger partial charge on any atom is -0.350 e. The van der Waals surface area contributed by atoms with Gasteiger partial charge in [-0.05, 0) is 0 Å². The van der Waals surface area contributed by atoms with Crippen molar-refractivity contribution < 1.29 is 71.6 Å². The molecule has 0 aromatic rings. The summed E-state index contributed by atoms with van der Waals surface area (Å²) >= 11 is 0. The van der Waals surface area contributed by atoms with Gasteiger partial charge in [0.25, 0.3) is 0 Å². The summed E-state index contributed by atoms with van der Waals surface area (Å²) in [6.07, 6.45) is -9.17. The van der Waals surface area contributed by atoms with Gasteiger partial charge in [0.05, 0.1) is 0 Å². The van der Waals surface area contributed by atoms with Crippen molar-refractivity contribution in [3.63, 3.8) is 0 Å². The molecule has 1 atom stereocenters. The second-order valence-corrected chi connectivity index (χ2v) is 5.48. The normalized spacial score (nSPS) is 17.2. The van der Waals surface area contributed by atoms with E-state index < -0.39 is 60.6 Å². The summed E-state index contributed by atoms with van der Waals surface area (Å²) in [4.78, 5) is 0. The molecule has 0 aliphatic heterocycles. The van der Waals surface area contributed by atoms with Gasteiger partial charge in [-0.3, -0.25) is 0 Å². The molecular formula is C11H11F15N+. The van der Waals surface area contributed by atoms with Gasteiger partial charge >= 0.3 is 41.7 Å². The number of rotatable bonds is 8. The van der Waals surface area contributed by atoms with E-state index in [4.69, 9.17) is 0 Å². The molecule has 0 spiro atoms. The molecule has 0 saturated heterocycles. The first-order valence-electron chi connectivity index (χ1n) is 6.65. The molecule has 3 N–H and O–H groups in total. The van der Waals surface area contributed by atoms with E-state index in [0.717, 1.165) is 6.92 Å². The molecule has 27 heavy (non-hydrogen) atoms. The SMILES string of the molecule is CCCC([NH3+])C(F)(F)C(F)(F)C(F)(F)C(F)(F)C(F)(F)C(F)(F)C(F)(F)F. The zero-order valence-corrected chi connectivity index (χ0v) is 12.9. The maximum Gasteiger partial charge on any atom is 0.460 e. The van der Waals surface area contributed by atoms with Crippen molar-refractivity contribution in [2.75, 3.05) is 0 Å². The van der Waals surface area contributed by atoms with Crippen LogP contribution in [0.4, 0.5) is 65.9 Å². The average Bonchev–Trinajstić information content (AvgIpc) is 2.45. The first-order chi connectivity index (χ1) is 11.5. The van der Waals surface area contributed by atoms with Crippen molar-refractivity contribution in [1.29, 1.82) is 0 Å². The van der Waals surface area contributed by atoms with E-state index >= 15 is 0 Å². The van der Waals surface area contributed by atoms with Crippen LogP contribution in [0.2, 0.25) is 0 Å². The maximum atomic E-state index is 13.4. The maximum absolute atomic E-state index is 13.4. The van der Waals surface area contributed by atoms with Gasteiger partial charge in [-0.25, -0.2) is 0 Å². The minimum atomic E-state index is -8.24. The lowest BCUT2D eigenvalue weighted by Gasteiger charge is -2.41. The summed E-state index contributed by atoms with van der Waals surface area (Å²) in [5.41, 5.74) is 2.29. The molecule has 16 heteroatoms. The number of hydrogen-bond acceptors (Lipinski definition) is 0. The average molecular weight is 442 g/mol. The first-order valence-corrected chi connectivity index (χ1v) is 6.65. The third-order valence-electron chi connectivity index (χ3n) is 3.50. The Balaban J connectivity index is 6.47. The Morgan fingerprint density at radius 3 is 1.15 bits per heavy atom. The standard InChI is InChI=1S/C11H10F15N/c1-2-3-4(27)5(12,13)6(14,15)7(16,17)8(18,19)9(20,21)10(22,23)11(24,25)26/h4H,2-3,27H2,1H3/p+1. The molecule has 0 amide bonds. The molecule has 0 aromatic heterocycles. The molecule has 0 radical (unpaired) electrons. The molecule has 0 fully saturated rings. The van der Waals surface area contributed by atoms with Crippen molar-refractivity contribution in [2.24, 2.45) is 0 Å². The Morgan fingerprint density at radius 1 is 0.556 bits per heavy atom. The van der Waals surface area contributed by atoms with Gasteiger partial charge in [-0.1, -0.05) is 13.3 Å². The first kappa shape index (κ1) is 25.9. The van der Waals surface area contributed by atoms with Crippen molar-refractivity contribution in [1.82, 2.24) is 0 Å². The summed E-state index contributed by atoms with van der Waals surface area (Å²) in [5.74, 6) is -46.1. The zero-order valence-electron chi connectivity index (χ0n) is 12.9. The van der Waals surface area contributed by atoms with E-state index in [1.54, 1.807) is 0 Å². The van der Waals surface area contributed by atoms with E-state index in [0.29, 0.717) is 0 Å². The monoisotopic (exact) mass is 442 g/mol. The molecule has 0 rings (SSSR count). The summed E-state index contributed by atoms with van der Waals surface area (Å²) in [5, 5.41) is 0. The van der Waals surface area contributed by atoms with Gasteiger partial charge in [-0.15, -0.1) is 0 Å². The highest BCUT2D eigenvalue weighted by atomic mass is 19.4. The molecule has 0 aliphatic carbocycles. The van der Waals surface area contributed by atoms with Gasteiger partial charge in [0, 0.05) is 6.42 Å². The van der Waals surface area contributed by atoms with Gasteiger partial charge in [0.1, 0.15) is 0 Å². The molecule has 164 valence electrons. The van der Waals surface area contributed by atoms with Crippen LogP contribution >= 0.6 is 0 Å². The van der Waals surface area contributed by atoms with Gasteiger partial charge < -0.3 is 5.73 Å². The van der Waals surface area contributed by atoms with Gasteiger partial charge in [0.2, 0.25) is 0 Å². The van der Waals surface area contributed by atoms with Crippen LogP contribution in [0, 0.1) is 0 Å². The summed E-state index contributed by atoms with van der Waals surface area (Å²) in [6.45, 7) is 1.02.